The Morgan fingerprint density at radius 1 is 1.38 bits per heavy atom. The summed E-state index contributed by atoms with van der Waals surface area (Å²) in [7, 11) is 0. The summed E-state index contributed by atoms with van der Waals surface area (Å²) in [4.78, 5) is 11.1. The van der Waals surface area contributed by atoms with Crippen molar-refractivity contribution in [2.24, 2.45) is 0 Å². The van der Waals surface area contributed by atoms with Gasteiger partial charge in [-0.2, -0.15) is 5.21 Å². The van der Waals surface area contributed by atoms with Crippen molar-refractivity contribution in [2.75, 3.05) is 0 Å². The van der Waals surface area contributed by atoms with Crippen LogP contribution >= 0.6 is 0 Å². The van der Waals surface area contributed by atoms with E-state index in [-0.39, 0.29) is 11.4 Å². The molecule has 0 bridgehead atoms. The molecule has 0 saturated heterocycles. The molecule has 0 aliphatic rings. The lowest BCUT2D eigenvalue weighted by atomic mass is 10.1. The number of benzene rings is 1. The Bertz CT molecular complexity index is 498. The van der Waals surface area contributed by atoms with Crippen molar-refractivity contribution in [3.05, 3.63) is 29.8 Å². The largest absolute Gasteiger partial charge is 0.300 e. The summed E-state index contributed by atoms with van der Waals surface area (Å²) in [6.07, 6.45) is -3.01. The number of carbonyl (C=O) groups is 1. The molecule has 0 radical (unpaired) electrons. The molecule has 0 fully saturated rings. The number of aromatic nitrogens is 4. The van der Waals surface area contributed by atoms with E-state index in [0.717, 1.165) is 0 Å². The zero-order valence-corrected chi connectivity index (χ0v) is 7.89. The standard InChI is InChI=1S/C9H6F2N4O/c10-8(11)7(16)5-2-1-3-6(4-5)9-12-14-15-13-9/h1-4,8H,(H,12,13,14,15). The average molecular weight is 224 g/mol. The highest BCUT2D eigenvalue weighted by molar-refractivity contribution is 5.99. The Morgan fingerprint density at radius 3 is 2.81 bits per heavy atom. The molecule has 82 valence electrons. The van der Waals surface area contributed by atoms with E-state index in [0.29, 0.717) is 5.56 Å². The third-order valence-corrected chi connectivity index (χ3v) is 1.95. The smallest absolute Gasteiger partial charge is 0.288 e. The van der Waals surface area contributed by atoms with Crippen molar-refractivity contribution in [3.8, 4) is 11.4 Å². The lowest BCUT2D eigenvalue weighted by Crippen LogP contribution is -2.09. The molecule has 0 spiro atoms. The van der Waals surface area contributed by atoms with Crippen LogP contribution in [0.1, 0.15) is 10.4 Å². The van der Waals surface area contributed by atoms with Gasteiger partial charge in [0.2, 0.25) is 11.6 Å². The molecule has 5 nitrogen and oxygen atoms in total. The van der Waals surface area contributed by atoms with E-state index in [9.17, 15) is 13.6 Å². The SMILES string of the molecule is O=C(c1cccc(-c2nn[nH]n2)c1)C(F)F. The molecule has 1 aromatic heterocycles. The number of hydrogen-bond acceptors (Lipinski definition) is 4. The Hall–Kier alpha value is -2.18. The second-order valence-electron chi connectivity index (χ2n) is 2.98. The molecule has 0 unspecified atom stereocenters. The average Bonchev–Trinajstić information content (AvgIpc) is 2.81. The maximum Gasteiger partial charge on any atom is 0.300 e. The van der Waals surface area contributed by atoms with Gasteiger partial charge in [0, 0.05) is 11.1 Å². The molecule has 16 heavy (non-hydrogen) atoms. The molecule has 2 rings (SSSR count). The van der Waals surface area contributed by atoms with Crippen LogP contribution in [0.25, 0.3) is 11.4 Å². The maximum atomic E-state index is 12.2. The maximum absolute atomic E-state index is 12.2. The van der Waals surface area contributed by atoms with Crippen molar-refractivity contribution >= 4 is 5.78 Å². The molecule has 7 heteroatoms. The molecule has 0 atom stereocenters. The van der Waals surface area contributed by atoms with E-state index in [2.05, 4.69) is 20.6 Å². The van der Waals surface area contributed by atoms with Crippen LogP contribution in [0.15, 0.2) is 24.3 Å². The minimum atomic E-state index is -3.01. The van der Waals surface area contributed by atoms with Gasteiger partial charge in [0.05, 0.1) is 0 Å². The minimum Gasteiger partial charge on any atom is -0.288 e. The number of nitrogens with one attached hydrogen (secondary N) is 1. The van der Waals surface area contributed by atoms with E-state index < -0.39 is 12.2 Å². The van der Waals surface area contributed by atoms with Crippen LogP contribution < -0.4 is 0 Å². The van der Waals surface area contributed by atoms with Gasteiger partial charge in [-0.3, -0.25) is 4.79 Å². The highest BCUT2D eigenvalue weighted by Gasteiger charge is 2.18. The Kier molecular flexibility index (Phi) is 2.67. The van der Waals surface area contributed by atoms with Crippen molar-refractivity contribution in [2.45, 2.75) is 6.43 Å². The lowest BCUT2D eigenvalue weighted by molar-refractivity contribution is 0.0679. The summed E-state index contributed by atoms with van der Waals surface area (Å²) in [6.45, 7) is 0. The molecule has 1 heterocycles. The van der Waals surface area contributed by atoms with Crippen LogP contribution in [0.3, 0.4) is 0 Å². The number of nitrogens with zero attached hydrogens (tertiary/aromatic N) is 3. The number of Topliss-reactive ketones (excluding diaryl/α,β-unsaturated/α-hetero) is 1. The Labute approximate surface area is 88.5 Å². The van der Waals surface area contributed by atoms with Crippen molar-refractivity contribution in [1.82, 2.24) is 20.6 Å². The number of carbonyl (C=O) groups excluding carboxylic acids is 1. The molecule has 2 aromatic rings. The summed E-state index contributed by atoms with van der Waals surface area (Å²) >= 11 is 0. The van der Waals surface area contributed by atoms with E-state index in [4.69, 9.17) is 0 Å². The molecule has 0 saturated carbocycles. The molecule has 0 aliphatic carbocycles. The van der Waals surface area contributed by atoms with Crippen LogP contribution in [-0.2, 0) is 0 Å². The van der Waals surface area contributed by atoms with Gasteiger partial charge in [0.15, 0.2) is 0 Å². The fourth-order valence-electron chi connectivity index (χ4n) is 1.22. The highest BCUT2D eigenvalue weighted by Crippen LogP contribution is 2.16. The highest BCUT2D eigenvalue weighted by atomic mass is 19.3. The predicted octanol–water partition coefficient (Wildman–Crippen LogP) is 1.31. The number of ketones is 1. The number of halogens is 2. The van der Waals surface area contributed by atoms with Gasteiger partial charge in [-0.15, -0.1) is 10.2 Å². The Balaban J connectivity index is 2.37. The molecule has 0 aliphatic heterocycles. The second kappa shape index (κ2) is 4.13. The minimum absolute atomic E-state index is 0.0719. The van der Waals surface area contributed by atoms with E-state index in [1.165, 1.54) is 18.2 Å². The summed E-state index contributed by atoms with van der Waals surface area (Å²) in [5.74, 6) is -0.964. The first kappa shape index (κ1) is 10.3. The number of tetrazole rings is 1. The third-order valence-electron chi connectivity index (χ3n) is 1.95. The van der Waals surface area contributed by atoms with E-state index in [1.54, 1.807) is 6.07 Å². The number of H-pyrrole nitrogens is 1. The van der Waals surface area contributed by atoms with Gasteiger partial charge in [-0.25, -0.2) is 8.78 Å². The van der Waals surface area contributed by atoms with E-state index in [1.807, 2.05) is 0 Å². The van der Waals surface area contributed by atoms with Gasteiger partial charge < -0.3 is 0 Å². The zero-order valence-electron chi connectivity index (χ0n) is 7.89. The first-order valence-electron chi connectivity index (χ1n) is 4.35. The van der Waals surface area contributed by atoms with Crippen molar-refractivity contribution in [3.63, 3.8) is 0 Å². The molecule has 1 aromatic carbocycles. The van der Waals surface area contributed by atoms with Gasteiger partial charge in [-0.05, 0) is 11.3 Å². The summed E-state index contributed by atoms with van der Waals surface area (Å²) in [5, 5.41) is 12.9. The van der Waals surface area contributed by atoms with Gasteiger partial charge in [0.25, 0.3) is 0 Å². The Morgan fingerprint density at radius 2 is 2.19 bits per heavy atom. The summed E-state index contributed by atoms with van der Waals surface area (Å²) in [5.41, 5.74) is 0.387. The summed E-state index contributed by atoms with van der Waals surface area (Å²) < 4.78 is 24.4. The van der Waals surface area contributed by atoms with Crippen LogP contribution in [0.5, 0.6) is 0 Å². The number of aromatic amines is 1. The summed E-state index contributed by atoms with van der Waals surface area (Å²) in [6, 6.07) is 5.71. The van der Waals surface area contributed by atoms with Crippen LogP contribution in [0.2, 0.25) is 0 Å². The van der Waals surface area contributed by atoms with Crippen LogP contribution in [-0.4, -0.2) is 32.8 Å². The zero-order chi connectivity index (χ0) is 11.5. The molecular formula is C9H6F2N4O. The van der Waals surface area contributed by atoms with Crippen molar-refractivity contribution in [1.29, 1.82) is 0 Å². The molecular weight excluding hydrogens is 218 g/mol. The van der Waals surface area contributed by atoms with Gasteiger partial charge in [-0.1, -0.05) is 18.2 Å². The van der Waals surface area contributed by atoms with Gasteiger partial charge >= 0.3 is 6.43 Å². The molecule has 1 N–H and O–H groups in total. The van der Waals surface area contributed by atoms with Gasteiger partial charge in [0.1, 0.15) is 0 Å². The quantitative estimate of drug-likeness (QED) is 0.798. The predicted molar refractivity (Wildman–Crippen MR) is 49.9 cm³/mol. The number of hydrogen-bond donors (Lipinski definition) is 1. The van der Waals surface area contributed by atoms with Crippen molar-refractivity contribution < 1.29 is 13.6 Å². The fraction of sp³-hybridized carbons (Fsp3) is 0.111. The first-order valence-corrected chi connectivity index (χ1v) is 4.35. The number of rotatable bonds is 3. The first-order chi connectivity index (χ1) is 7.68. The topological polar surface area (TPSA) is 71.5 Å². The van der Waals surface area contributed by atoms with E-state index >= 15 is 0 Å². The lowest BCUT2D eigenvalue weighted by Gasteiger charge is -2.00. The third kappa shape index (κ3) is 1.92. The normalized spacial score (nSPS) is 10.7. The second-order valence-corrected chi connectivity index (χ2v) is 2.98. The van der Waals surface area contributed by atoms with Crippen LogP contribution in [0, 0.1) is 0 Å². The number of alkyl halides is 2. The monoisotopic (exact) mass is 224 g/mol. The molecule has 0 amide bonds. The van der Waals surface area contributed by atoms with Crippen LogP contribution in [0.4, 0.5) is 8.78 Å². The fourth-order valence-corrected chi connectivity index (χ4v) is 1.22.